The lowest BCUT2D eigenvalue weighted by molar-refractivity contribution is -0.384. The molecule has 102 valence electrons. The molecule has 0 radical (unpaired) electrons. The molecule has 0 spiro atoms. The Labute approximate surface area is 111 Å². The SMILES string of the molecule is NCC1(C(=O)NCCc2ccc([N+](=O)[O-])cc2)CC1. The van der Waals surface area contributed by atoms with E-state index in [2.05, 4.69) is 5.32 Å². The van der Waals surface area contributed by atoms with E-state index in [4.69, 9.17) is 5.73 Å². The summed E-state index contributed by atoms with van der Waals surface area (Å²) in [6, 6.07) is 6.36. The highest BCUT2D eigenvalue weighted by Crippen LogP contribution is 2.44. The lowest BCUT2D eigenvalue weighted by atomic mass is 10.1. The first-order valence-corrected chi connectivity index (χ1v) is 6.29. The fourth-order valence-electron chi connectivity index (χ4n) is 1.97. The molecule has 1 fully saturated rings. The molecule has 1 aromatic rings. The van der Waals surface area contributed by atoms with Crippen molar-refractivity contribution >= 4 is 11.6 Å². The van der Waals surface area contributed by atoms with Crippen LogP contribution in [0.1, 0.15) is 18.4 Å². The van der Waals surface area contributed by atoms with Crippen LogP contribution in [0.15, 0.2) is 24.3 Å². The highest BCUT2D eigenvalue weighted by Gasteiger charge is 2.48. The summed E-state index contributed by atoms with van der Waals surface area (Å²) in [4.78, 5) is 21.9. The molecule has 0 heterocycles. The molecule has 3 N–H and O–H groups in total. The molecule has 0 unspecified atom stereocenters. The lowest BCUT2D eigenvalue weighted by Gasteiger charge is -2.12. The van der Waals surface area contributed by atoms with Crippen LogP contribution in [0.2, 0.25) is 0 Å². The second-order valence-corrected chi connectivity index (χ2v) is 4.91. The second kappa shape index (κ2) is 5.36. The standard InChI is InChI=1S/C13H17N3O3/c14-9-13(6-7-13)12(17)15-8-5-10-1-3-11(4-2-10)16(18)19/h1-4H,5-9,14H2,(H,15,17). The number of non-ortho nitro benzene ring substituents is 1. The summed E-state index contributed by atoms with van der Waals surface area (Å²) in [7, 11) is 0. The molecule has 2 rings (SSSR count). The number of amides is 1. The third-order valence-corrected chi connectivity index (χ3v) is 3.57. The zero-order valence-electron chi connectivity index (χ0n) is 10.6. The van der Waals surface area contributed by atoms with Crippen molar-refractivity contribution in [1.29, 1.82) is 0 Å². The van der Waals surface area contributed by atoms with Gasteiger partial charge in [-0.15, -0.1) is 0 Å². The van der Waals surface area contributed by atoms with Gasteiger partial charge in [-0.1, -0.05) is 12.1 Å². The van der Waals surface area contributed by atoms with Crippen LogP contribution in [0.3, 0.4) is 0 Å². The molecule has 1 amide bonds. The molecule has 1 saturated carbocycles. The van der Waals surface area contributed by atoms with Crippen LogP contribution in [0.4, 0.5) is 5.69 Å². The van der Waals surface area contributed by atoms with Gasteiger partial charge in [-0.25, -0.2) is 0 Å². The van der Waals surface area contributed by atoms with Crippen LogP contribution in [0, 0.1) is 15.5 Å². The number of rotatable bonds is 6. The number of hydrogen-bond donors (Lipinski definition) is 2. The minimum atomic E-state index is -0.427. The summed E-state index contributed by atoms with van der Waals surface area (Å²) in [6.45, 7) is 0.925. The van der Waals surface area contributed by atoms with E-state index in [1.807, 2.05) is 0 Å². The van der Waals surface area contributed by atoms with Gasteiger partial charge >= 0.3 is 0 Å². The molecular weight excluding hydrogens is 246 g/mol. The molecule has 1 aliphatic rings. The summed E-state index contributed by atoms with van der Waals surface area (Å²) >= 11 is 0. The number of benzene rings is 1. The number of nitro groups is 1. The van der Waals surface area contributed by atoms with Crippen LogP contribution >= 0.6 is 0 Å². The smallest absolute Gasteiger partial charge is 0.269 e. The molecule has 0 atom stereocenters. The summed E-state index contributed by atoms with van der Waals surface area (Å²) in [5.41, 5.74) is 6.29. The Bertz CT molecular complexity index is 480. The van der Waals surface area contributed by atoms with E-state index >= 15 is 0 Å². The van der Waals surface area contributed by atoms with Crippen LogP contribution < -0.4 is 11.1 Å². The maximum Gasteiger partial charge on any atom is 0.269 e. The van der Waals surface area contributed by atoms with E-state index in [0.717, 1.165) is 18.4 Å². The summed E-state index contributed by atoms with van der Waals surface area (Å²) in [5.74, 6) is 0.0249. The summed E-state index contributed by atoms with van der Waals surface area (Å²) in [6.07, 6.45) is 2.39. The van der Waals surface area contributed by atoms with Crippen molar-refractivity contribution in [3.05, 3.63) is 39.9 Å². The first-order valence-electron chi connectivity index (χ1n) is 6.29. The molecule has 6 heteroatoms. The quantitative estimate of drug-likeness (QED) is 0.590. The van der Waals surface area contributed by atoms with Crippen molar-refractivity contribution in [2.45, 2.75) is 19.3 Å². The van der Waals surface area contributed by atoms with Crippen molar-refractivity contribution in [3.8, 4) is 0 Å². The fourth-order valence-corrected chi connectivity index (χ4v) is 1.97. The number of nitrogens with one attached hydrogen (secondary N) is 1. The Kier molecular flexibility index (Phi) is 3.80. The molecular formula is C13H17N3O3. The van der Waals surface area contributed by atoms with Gasteiger partial charge in [0.15, 0.2) is 0 Å². The number of nitro benzene ring substituents is 1. The highest BCUT2D eigenvalue weighted by atomic mass is 16.6. The third kappa shape index (κ3) is 3.08. The predicted molar refractivity (Wildman–Crippen MR) is 70.5 cm³/mol. The number of nitrogens with two attached hydrogens (primary N) is 1. The normalized spacial score (nSPS) is 15.8. The molecule has 0 bridgehead atoms. The van der Waals surface area contributed by atoms with E-state index in [9.17, 15) is 14.9 Å². The average Bonchev–Trinajstić information content (AvgIpc) is 3.20. The molecule has 1 aromatic carbocycles. The highest BCUT2D eigenvalue weighted by molar-refractivity contribution is 5.85. The van der Waals surface area contributed by atoms with Crippen molar-refractivity contribution in [2.75, 3.05) is 13.1 Å². The monoisotopic (exact) mass is 263 g/mol. The molecule has 0 aliphatic heterocycles. The number of carbonyl (C=O) groups excluding carboxylic acids is 1. The van der Waals surface area contributed by atoms with Gasteiger partial charge in [0.2, 0.25) is 5.91 Å². The van der Waals surface area contributed by atoms with Crippen LogP contribution in [-0.2, 0) is 11.2 Å². The summed E-state index contributed by atoms with van der Waals surface area (Å²) < 4.78 is 0. The van der Waals surface area contributed by atoms with Gasteiger partial charge in [0.05, 0.1) is 10.3 Å². The van der Waals surface area contributed by atoms with Crippen LogP contribution in [0.5, 0.6) is 0 Å². The fraction of sp³-hybridized carbons (Fsp3) is 0.462. The van der Waals surface area contributed by atoms with Gasteiger partial charge in [0, 0.05) is 25.2 Å². The van der Waals surface area contributed by atoms with Crippen molar-refractivity contribution in [3.63, 3.8) is 0 Å². The Balaban J connectivity index is 1.79. The zero-order valence-corrected chi connectivity index (χ0v) is 10.6. The van der Waals surface area contributed by atoms with Crippen LogP contribution in [0.25, 0.3) is 0 Å². The van der Waals surface area contributed by atoms with Crippen molar-refractivity contribution in [1.82, 2.24) is 5.32 Å². The first-order chi connectivity index (χ1) is 9.07. The maximum atomic E-state index is 11.8. The number of carbonyl (C=O) groups is 1. The van der Waals surface area contributed by atoms with Crippen LogP contribution in [-0.4, -0.2) is 23.9 Å². The minimum absolute atomic E-state index is 0.0249. The van der Waals surface area contributed by atoms with E-state index < -0.39 is 4.92 Å². The molecule has 6 nitrogen and oxygen atoms in total. The number of hydrogen-bond acceptors (Lipinski definition) is 4. The van der Waals surface area contributed by atoms with Gasteiger partial charge in [-0.3, -0.25) is 14.9 Å². The van der Waals surface area contributed by atoms with Gasteiger partial charge < -0.3 is 11.1 Å². The minimum Gasteiger partial charge on any atom is -0.355 e. The third-order valence-electron chi connectivity index (χ3n) is 3.57. The average molecular weight is 263 g/mol. The van der Waals surface area contributed by atoms with E-state index in [-0.39, 0.29) is 17.0 Å². The summed E-state index contributed by atoms with van der Waals surface area (Å²) in [5, 5.41) is 13.4. The maximum absolute atomic E-state index is 11.8. The molecule has 1 aliphatic carbocycles. The Morgan fingerprint density at radius 2 is 2.00 bits per heavy atom. The first kappa shape index (κ1) is 13.5. The second-order valence-electron chi connectivity index (χ2n) is 4.91. The van der Waals surface area contributed by atoms with Crippen molar-refractivity contribution in [2.24, 2.45) is 11.1 Å². The Hall–Kier alpha value is -1.95. The Morgan fingerprint density at radius 3 is 2.47 bits per heavy atom. The Morgan fingerprint density at radius 1 is 1.37 bits per heavy atom. The predicted octanol–water partition coefficient (Wildman–Crippen LogP) is 0.992. The van der Waals surface area contributed by atoms with Gasteiger partial charge in [0.25, 0.3) is 5.69 Å². The number of nitrogens with zero attached hydrogens (tertiary/aromatic N) is 1. The van der Waals surface area contributed by atoms with E-state index in [1.54, 1.807) is 12.1 Å². The van der Waals surface area contributed by atoms with E-state index in [1.165, 1.54) is 12.1 Å². The van der Waals surface area contributed by atoms with Gasteiger partial charge in [-0.2, -0.15) is 0 Å². The van der Waals surface area contributed by atoms with Gasteiger partial charge in [0.1, 0.15) is 0 Å². The van der Waals surface area contributed by atoms with E-state index in [0.29, 0.717) is 19.5 Å². The molecule has 19 heavy (non-hydrogen) atoms. The lowest BCUT2D eigenvalue weighted by Crippen LogP contribution is -2.37. The van der Waals surface area contributed by atoms with Gasteiger partial charge in [-0.05, 0) is 24.8 Å². The zero-order chi connectivity index (χ0) is 13.9. The van der Waals surface area contributed by atoms with Crippen molar-refractivity contribution < 1.29 is 9.72 Å². The molecule has 0 saturated heterocycles. The largest absolute Gasteiger partial charge is 0.355 e. The topological polar surface area (TPSA) is 98.3 Å². The molecule has 0 aromatic heterocycles.